The largest absolute Gasteiger partial charge is 0.353 e. The van der Waals surface area contributed by atoms with Crippen molar-refractivity contribution < 1.29 is 23.0 Å². The van der Waals surface area contributed by atoms with Crippen LogP contribution < -0.4 is 0 Å². The molecular weight excluding hydrogens is 314 g/mol. The number of allylic oxidation sites excluding steroid dienone is 1. The molecule has 2 aliphatic rings. The van der Waals surface area contributed by atoms with Gasteiger partial charge < -0.3 is 9.47 Å². The number of unbranched alkanes of at least 4 members (excludes halogenated alkanes) is 1. The minimum atomic E-state index is -3.25. The van der Waals surface area contributed by atoms with Gasteiger partial charge in [0.15, 0.2) is 6.29 Å². The van der Waals surface area contributed by atoms with Crippen molar-refractivity contribution in [2.75, 3.05) is 6.61 Å². The van der Waals surface area contributed by atoms with E-state index < -0.39 is 11.7 Å². The summed E-state index contributed by atoms with van der Waals surface area (Å²) in [6, 6.07) is 0. The van der Waals surface area contributed by atoms with E-state index in [1.165, 1.54) is 0 Å². The van der Waals surface area contributed by atoms with Gasteiger partial charge in [0.25, 0.3) is 0 Å². The molecule has 1 unspecified atom stereocenters. The Kier molecular flexibility index (Phi) is 7.35. The van der Waals surface area contributed by atoms with Crippen molar-refractivity contribution in [3.8, 4) is 0 Å². The molecule has 0 aromatic heterocycles. The van der Waals surface area contributed by atoms with E-state index in [0.717, 1.165) is 44.8 Å². The molecule has 2 fully saturated rings. The molecule has 0 bridgehead atoms. The average Bonchev–Trinajstić information content (AvgIpc) is 2.91. The summed E-state index contributed by atoms with van der Waals surface area (Å²) in [6.07, 6.45) is 8.04. The molecule has 1 saturated carbocycles. The van der Waals surface area contributed by atoms with Crippen LogP contribution in [0.3, 0.4) is 0 Å². The first kappa shape index (κ1) is 19.5. The SMILES string of the molecule is CCCCC(F)(F)C(=O)/C=C/[C@@H]1[C@@H](C)CC[C@H]1OC1CCCCO1. The van der Waals surface area contributed by atoms with Crippen LogP contribution in [0.25, 0.3) is 0 Å². The third-order valence-corrected chi connectivity index (χ3v) is 5.13. The van der Waals surface area contributed by atoms with Crippen molar-refractivity contribution in [1.82, 2.24) is 0 Å². The van der Waals surface area contributed by atoms with Crippen LogP contribution in [0, 0.1) is 11.8 Å². The first-order valence-electron chi connectivity index (χ1n) is 9.31. The molecule has 1 heterocycles. The van der Waals surface area contributed by atoms with Crippen LogP contribution in [0.15, 0.2) is 12.2 Å². The summed E-state index contributed by atoms with van der Waals surface area (Å²) in [5.41, 5.74) is 0. The van der Waals surface area contributed by atoms with E-state index in [1.54, 1.807) is 6.08 Å². The Morgan fingerprint density at radius 3 is 2.75 bits per heavy atom. The highest BCUT2D eigenvalue weighted by Crippen LogP contribution is 2.36. The van der Waals surface area contributed by atoms with Crippen LogP contribution in [0.1, 0.15) is 65.2 Å². The zero-order chi connectivity index (χ0) is 17.6. The molecule has 0 radical (unpaired) electrons. The number of carbonyl (C=O) groups excluding carboxylic acids is 1. The van der Waals surface area contributed by atoms with Gasteiger partial charge in [-0.05, 0) is 50.5 Å². The van der Waals surface area contributed by atoms with Gasteiger partial charge in [0, 0.05) is 18.9 Å². The number of hydrogen-bond acceptors (Lipinski definition) is 3. The lowest BCUT2D eigenvalue weighted by molar-refractivity contribution is -0.192. The number of carbonyl (C=O) groups is 1. The van der Waals surface area contributed by atoms with E-state index in [4.69, 9.17) is 9.47 Å². The smallest absolute Gasteiger partial charge is 0.309 e. The zero-order valence-corrected chi connectivity index (χ0v) is 14.8. The van der Waals surface area contributed by atoms with E-state index in [1.807, 2.05) is 6.92 Å². The second-order valence-electron chi connectivity index (χ2n) is 7.13. The molecule has 0 amide bonds. The Bertz CT molecular complexity index is 430. The minimum absolute atomic E-state index is 0.00134. The number of ether oxygens (including phenoxy) is 2. The van der Waals surface area contributed by atoms with Crippen LogP contribution in [0.4, 0.5) is 8.78 Å². The summed E-state index contributed by atoms with van der Waals surface area (Å²) >= 11 is 0. The van der Waals surface area contributed by atoms with Crippen LogP contribution in [0.2, 0.25) is 0 Å². The standard InChI is InChI=1S/C19H30F2O3/c1-3-4-12-19(20,21)17(22)11-9-15-14(2)8-10-16(15)24-18-7-5-6-13-23-18/h9,11,14-16,18H,3-8,10,12-13H2,1-2H3/b11-9+/t14-,15+,16+,18?/m0/s1. The van der Waals surface area contributed by atoms with E-state index in [9.17, 15) is 13.6 Å². The number of alkyl halides is 2. The highest BCUT2D eigenvalue weighted by molar-refractivity contribution is 5.95. The second kappa shape index (κ2) is 9.04. The van der Waals surface area contributed by atoms with Crippen molar-refractivity contribution in [2.24, 2.45) is 11.8 Å². The van der Waals surface area contributed by atoms with Gasteiger partial charge in [-0.25, -0.2) is 0 Å². The van der Waals surface area contributed by atoms with Crippen LogP contribution in [0.5, 0.6) is 0 Å². The molecule has 1 aliphatic carbocycles. The Balaban J connectivity index is 1.93. The van der Waals surface area contributed by atoms with E-state index in [0.29, 0.717) is 18.8 Å². The number of rotatable bonds is 8. The molecule has 5 heteroatoms. The Morgan fingerprint density at radius 2 is 2.08 bits per heavy atom. The van der Waals surface area contributed by atoms with Crippen molar-refractivity contribution in [1.29, 1.82) is 0 Å². The lowest BCUT2D eigenvalue weighted by Gasteiger charge is -2.28. The highest BCUT2D eigenvalue weighted by Gasteiger charge is 2.38. The van der Waals surface area contributed by atoms with E-state index in [2.05, 4.69) is 6.92 Å². The van der Waals surface area contributed by atoms with Gasteiger partial charge in [-0.1, -0.05) is 26.3 Å². The molecule has 4 atom stereocenters. The lowest BCUT2D eigenvalue weighted by atomic mass is 9.95. The number of ketones is 1. The third kappa shape index (κ3) is 5.35. The fourth-order valence-electron chi connectivity index (χ4n) is 3.51. The van der Waals surface area contributed by atoms with Crippen LogP contribution in [-0.4, -0.2) is 30.7 Å². The molecule has 3 nitrogen and oxygen atoms in total. The monoisotopic (exact) mass is 344 g/mol. The van der Waals surface area contributed by atoms with Gasteiger partial charge >= 0.3 is 5.92 Å². The topological polar surface area (TPSA) is 35.5 Å². The first-order valence-corrected chi connectivity index (χ1v) is 9.31. The molecule has 1 aliphatic heterocycles. The Morgan fingerprint density at radius 1 is 1.29 bits per heavy atom. The van der Waals surface area contributed by atoms with Crippen LogP contribution >= 0.6 is 0 Å². The van der Waals surface area contributed by atoms with Crippen molar-refractivity contribution in [2.45, 2.75) is 83.5 Å². The van der Waals surface area contributed by atoms with Crippen molar-refractivity contribution in [3.63, 3.8) is 0 Å². The summed E-state index contributed by atoms with van der Waals surface area (Å²) in [6.45, 7) is 4.64. The Hall–Kier alpha value is -0.810. The van der Waals surface area contributed by atoms with Gasteiger partial charge in [-0.2, -0.15) is 8.78 Å². The molecule has 1 saturated heterocycles. The lowest BCUT2D eigenvalue weighted by Crippen LogP contribution is -2.31. The predicted molar refractivity (Wildman–Crippen MR) is 89.0 cm³/mol. The maximum absolute atomic E-state index is 13.8. The van der Waals surface area contributed by atoms with Gasteiger partial charge in [0.2, 0.25) is 5.78 Å². The molecule has 2 rings (SSSR count). The molecule has 0 spiro atoms. The minimum Gasteiger partial charge on any atom is -0.353 e. The molecule has 138 valence electrons. The predicted octanol–water partition coefficient (Wildman–Crippen LogP) is 4.90. The third-order valence-electron chi connectivity index (χ3n) is 5.13. The quantitative estimate of drug-likeness (QED) is 0.588. The summed E-state index contributed by atoms with van der Waals surface area (Å²) in [5, 5.41) is 0. The second-order valence-corrected chi connectivity index (χ2v) is 7.13. The fraction of sp³-hybridized carbons (Fsp3) is 0.842. The number of halogens is 2. The van der Waals surface area contributed by atoms with Crippen molar-refractivity contribution in [3.05, 3.63) is 12.2 Å². The van der Waals surface area contributed by atoms with Gasteiger partial charge in [-0.3, -0.25) is 4.79 Å². The maximum Gasteiger partial charge on any atom is 0.309 e. The zero-order valence-electron chi connectivity index (χ0n) is 14.8. The number of hydrogen-bond donors (Lipinski definition) is 0. The summed E-state index contributed by atoms with van der Waals surface area (Å²) in [5.74, 6) is -4.01. The fourth-order valence-corrected chi connectivity index (χ4v) is 3.51. The van der Waals surface area contributed by atoms with Crippen LogP contribution in [-0.2, 0) is 14.3 Å². The molecule has 0 N–H and O–H groups in total. The highest BCUT2D eigenvalue weighted by atomic mass is 19.3. The summed E-state index contributed by atoms with van der Waals surface area (Å²) in [4.78, 5) is 11.8. The summed E-state index contributed by atoms with van der Waals surface area (Å²) in [7, 11) is 0. The van der Waals surface area contributed by atoms with Gasteiger partial charge in [0.1, 0.15) is 0 Å². The van der Waals surface area contributed by atoms with E-state index >= 15 is 0 Å². The van der Waals surface area contributed by atoms with Crippen molar-refractivity contribution >= 4 is 5.78 Å². The molecule has 0 aromatic carbocycles. The average molecular weight is 344 g/mol. The van der Waals surface area contributed by atoms with E-state index in [-0.39, 0.29) is 24.7 Å². The Labute approximate surface area is 143 Å². The normalized spacial score (nSPS) is 31.7. The van der Waals surface area contributed by atoms with Gasteiger partial charge in [-0.15, -0.1) is 0 Å². The molecular formula is C19H30F2O3. The molecule has 24 heavy (non-hydrogen) atoms. The van der Waals surface area contributed by atoms with Gasteiger partial charge in [0.05, 0.1) is 6.10 Å². The maximum atomic E-state index is 13.8. The first-order chi connectivity index (χ1) is 11.4. The summed E-state index contributed by atoms with van der Waals surface area (Å²) < 4.78 is 39.2. The molecule has 0 aromatic rings.